The molecule has 0 radical (unpaired) electrons. The van der Waals surface area contributed by atoms with Gasteiger partial charge in [0.2, 0.25) is 0 Å². The van der Waals surface area contributed by atoms with Gasteiger partial charge in [-0.25, -0.2) is 0 Å². The summed E-state index contributed by atoms with van der Waals surface area (Å²) in [6.45, 7) is 10.1. The van der Waals surface area contributed by atoms with E-state index < -0.39 is 5.97 Å². The van der Waals surface area contributed by atoms with Crippen LogP contribution >= 0.6 is 12.4 Å². The van der Waals surface area contributed by atoms with E-state index in [1.165, 1.54) is 16.3 Å². The third-order valence-corrected chi connectivity index (χ3v) is 3.85. The van der Waals surface area contributed by atoms with Crippen LogP contribution in [0, 0.1) is 17.3 Å². The number of allylic oxidation sites excluding steroid dienone is 1. The molecule has 2 aromatic carbocycles. The normalized spacial score (nSPS) is 10.7. The standard InChI is InChI=1S/C21H25N.C4H8O2.ClH/c1-21(2,3)15-8-5-9-16-22(4)17-19-13-10-12-18-11-6-7-14-20(18)19;1-2-3-4(5)6;/h5-7,9-14H,16-17H2,1-4H3;2-3H2,1H3,(H,5,6);1H/b9-5+;;. The van der Waals surface area contributed by atoms with E-state index in [-0.39, 0.29) is 17.8 Å². The molecule has 2 rings (SSSR count). The first-order chi connectivity index (χ1) is 13.2. The lowest BCUT2D eigenvalue weighted by molar-refractivity contribution is -0.137. The van der Waals surface area contributed by atoms with E-state index in [0.717, 1.165) is 19.5 Å². The maximum Gasteiger partial charge on any atom is 0.303 e. The van der Waals surface area contributed by atoms with Crippen molar-refractivity contribution in [1.29, 1.82) is 0 Å². The molecule has 2 aromatic rings. The summed E-state index contributed by atoms with van der Waals surface area (Å²) in [6, 6.07) is 15.1. The number of aliphatic carboxylic acids is 1. The van der Waals surface area contributed by atoms with Gasteiger partial charge in [0.1, 0.15) is 0 Å². The molecule has 3 nitrogen and oxygen atoms in total. The fourth-order valence-electron chi connectivity index (χ4n) is 2.55. The predicted octanol–water partition coefficient (Wildman–Crippen LogP) is 6.17. The van der Waals surface area contributed by atoms with E-state index in [1.807, 2.05) is 13.0 Å². The zero-order valence-electron chi connectivity index (χ0n) is 18.2. The second-order valence-corrected chi connectivity index (χ2v) is 7.90. The average molecular weight is 416 g/mol. The van der Waals surface area contributed by atoms with Crippen LogP contribution in [0.3, 0.4) is 0 Å². The Morgan fingerprint density at radius 2 is 1.79 bits per heavy atom. The van der Waals surface area contributed by atoms with Crippen LogP contribution in [0.2, 0.25) is 0 Å². The molecule has 1 N–H and O–H groups in total. The van der Waals surface area contributed by atoms with Gasteiger partial charge in [-0.3, -0.25) is 9.69 Å². The second-order valence-electron chi connectivity index (χ2n) is 7.90. The zero-order valence-corrected chi connectivity index (χ0v) is 19.1. The van der Waals surface area contributed by atoms with E-state index in [4.69, 9.17) is 5.11 Å². The highest BCUT2D eigenvalue weighted by Crippen LogP contribution is 2.19. The van der Waals surface area contributed by atoms with Gasteiger partial charge in [-0.05, 0) is 56.7 Å². The first kappa shape index (κ1) is 26.7. The van der Waals surface area contributed by atoms with E-state index in [2.05, 4.69) is 93.1 Å². The van der Waals surface area contributed by atoms with Crippen LogP contribution in [0.5, 0.6) is 0 Å². The molecular formula is C25H34ClNO2. The van der Waals surface area contributed by atoms with Crippen molar-refractivity contribution in [2.75, 3.05) is 13.6 Å². The largest absolute Gasteiger partial charge is 0.481 e. The van der Waals surface area contributed by atoms with Crippen LogP contribution in [0.4, 0.5) is 0 Å². The topological polar surface area (TPSA) is 40.5 Å². The molecular weight excluding hydrogens is 382 g/mol. The molecule has 0 saturated heterocycles. The van der Waals surface area contributed by atoms with Gasteiger partial charge in [-0.1, -0.05) is 67.3 Å². The average Bonchev–Trinajstić information content (AvgIpc) is 2.61. The third kappa shape index (κ3) is 12.0. The van der Waals surface area contributed by atoms with Crippen molar-refractivity contribution in [3.05, 3.63) is 60.2 Å². The first-order valence-corrected chi connectivity index (χ1v) is 9.77. The fourth-order valence-corrected chi connectivity index (χ4v) is 2.55. The second kappa shape index (κ2) is 13.8. The fraction of sp³-hybridized carbons (Fsp3) is 0.400. The molecule has 29 heavy (non-hydrogen) atoms. The van der Waals surface area contributed by atoms with Gasteiger partial charge >= 0.3 is 5.97 Å². The monoisotopic (exact) mass is 415 g/mol. The van der Waals surface area contributed by atoms with Crippen molar-refractivity contribution in [2.24, 2.45) is 5.41 Å². The Balaban J connectivity index is 0.000000981. The molecule has 0 aliphatic heterocycles. The van der Waals surface area contributed by atoms with Gasteiger partial charge in [0.25, 0.3) is 0 Å². The summed E-state index contributed by atoms with van der Waals surface area (Å²) in [6.07, 6.45) is 5.12. The highest BCUT2D eigenvalue weighted by Gasteiger charge is 2.03. The lowest BCUT2D eigenvalue weighted by Gasteiger charge is -2.15. The van der Waals surface area contributed by atoms with Crippen molar-refractivity contribution in [3.8, 4) is 11.8 Å². The summed E-state index contributed by atoms with van der Waals surface area (Å²) in [7, 11) is 2.14. The number of nitrogens with zero attached hydrogens (tertiary/aromatic N) is 1. The van der Waals surface area contributed by atoms with Gasteiger partial charge in [-0.2, -0.15) is 0 Å². The van der Waals surface area contributed by atoms with E-state index >= 15 is 0 Å². The molecule has 0 atom stereocenters. The molecule has 0 aromatic heterocycles. The zero-order chi connectivity index (χ0) is 21.0. The number of fused-ring (bicyclic) bond motifs is 1. The SMILES string of the molecule is CCCC(=O)O.CN(C/C=C/C#CC(C)(C)C)Cc1cccc2ccccc12.Cl. The van der Waals surface area contributed by atoms with Crippen molar-refractivity contribution in [2.45, 2.75) is 47.1 Å². The minimum atomic E-state index is -0.711. The number of carbonyl (C=O) groups is 1. The minimum absolute atomic E-state index is 0. The Hall–Kier alpha value is -2.28. The van der Waals surface area contributed by atoms with Gasteiger partial charge in [0.15, 0.2) is 0 Å². The predicted molar refractivity (Wildman–Crippen MR) is 126 cm³/mol. The van der Waals surface area contributed by atoms with Crippen LogP contribution in [0.15, 0.2) is 54.6 Å². The molecule has 0 amide bonds. The summed E-state index contributed by atoms with van der Waals surface area (Å²) in [5.41, 5.74) is 1.44. The summed E-state index contributed by atoms with van der Waals surface area (Å²) < 4.78 is 0. The number of hydrogen-bond acceptors (Lipinski definition) is 2. The number of halogens is 1. The Bertz CT molecular complexity index is 836. The molecule has 0 fully saturated rings. The van der Waals surface area contributed by atoms with E-state index in [0.29, 0.717) is 6.42 Å². The van der Waals surface area contributed by atoms with Gasteiger partial charge in [0, 0.05) is 24.9 Å². The van der Waals surface area contributed by atoms with Gasteiger partial charge in [0.05, 0.1) is 0 Å². The lowest BCUT2D eigenvalue weighted by atomic mass is 9.98. The van der Waals surface area contributed by atoms with Crippen LogP contribution in [0.25, 0.3) is 10.8 Å². The van der Waals surface area contributed by atoms with Crippen LogP contribution in [0.1, 0.15) is 46.1 Å². The quantitative estimate of drug-likeness (QED) is 0.573. The lowest BCUT2D eigenvalue weighted by Crippen LogP contribution is -2.17. The van der Waals surface area contributed by atoms with Crippen molar-refractivity contribution in [3.63, 3.8) is 0 Å². The minimum Gasteiger partial charge on any atom is -0.481 e. The molecule has 0 aliphatic rings. The van der Waals surface area contributed by atoms with Crippen LogP contribution < -0.4 is 0 Å². The first-order valence-electron chi connectivity index (χ1n) is 9.77. The molecule has 4 heteroatoms. The Labute approximate surface area is 182 Å². The van der Waals surface area contributed by atoms with Crippen molar-refractivity contribution >= 4 is 29.1 Å². The number of rotatable bonds is 6. The molecule has 0 saturated carbocycles. The van der Waals surface area contributed by atoms with Gasteiger partial charge < -0.3 is 5.11 Å². The number of benzene rings is 2. The molecule has 0 heterocycles. The summed E-state index contributed by atoms with van der Waals surface area (Å²) >= 11 is 0. The Kier molecular flexibility index (Phi) is 12.7. The Morgan fingerprint density at radius 1 is 1.14 bits per heavy atom. The molecule has 0 bridgehead atoms. The van der Waals surface area contributed by atoms with E-state index in [1.54, 1.807) is 0 Å². The number of carboxylic acid groups (broad SMARTS) is 1. The van der Waals surface area contributed by atoms with E-state index in [9.17, 15) is 4.79 Å². The maximum atomic E-state index is 9.60. The highest BCUT2D eigenvalue weighted by atomic mass is 35.5. The molecule has 158 valence electrons. The molecule has 0 aliphatic carbocycles. The van der Waals surface area contributed by atoms with Crippen molar-refractivity contribution in [1.82, 2.24) is 4.90 Å². The van der Waals surface area contributed by atoms with Crippen molar-refractivity contribution < 1.29 is 9.90 Å². The van der Waals surface area contributed by atoms with Gasteiger partial charge in [-0.15, -0.1) is 12.4 Å². The Morgan fingerprint density at radius 3 is 2.38 bits per heavy atom. The van der Waals surface area contributed by atoms with Crippen LogP contribution in [-0.2, 0) is 11.3 Å². The summed E-state index contributed by atoms with van der Waals surface area (Å²) in [5.74, 6) is 5.62. The summed E-state index contributed by atoms with van der Waals surface area (Å²) in [5, 5.41) is 10.6. The highest BCUT2D eigenvalue weighted by molar-refractivity contribution is 5.86. The third-order valence-electron chi connectivity index (χ3n) is 3.85. The molecule has 0 unspecified atom stereocenters. The summed E-state index contributed by atoms with van der Waals surface area (Å²) in [4.78, 5) is 11.9. The smallest absolute Gasteiger partial charge is 0.303 e. The number of carboxylic acids is 1. The number of hydrogen-bond donors (Lipinski definition) is 1. The van der Waals surface area contributed by atoms with Crippen LogP contribution in [-0.4, -0.2) is 29.6 Å². The maximum absolute atomic E-state index is 9.60. The number of likely N-dealkylation sites (N-methyl/N-ethyl adjacent to an activating group) is 1. The molecule has 0 spiro atoms.